The first kappa shape index (κ1) is 15.5. The summed E-state index contributed by atoms with van der Waals surface area (Å²) in [4.78, 5) is 48.4. The highest BCUT2D eigenvalue weighted by molar-refractivity contribution is 6.21. The summed E-state index contributed by atoms with van der Waals surface area (Å²) in [6.45, 7) is 0. The molecule has 0 amide bonds. The van der Waals surface area contributed by atoms with Crippen molar-refractivity contribution < 1.29 is 19.2 Å². The molecular formula is C19H18O4. The van der Waals surface area contributed by atoms with Crippen LogP contribution in [0.3, 0.4) is 0 Å². The molecule has 0 atom stereocenters. The minimum Gasteiger partial charge on any atom is -0.290 e. The third-order valence-corrected chi connectivity index (χ3v) is 4.49. The van der Waals surface area contributed by atoms with Crippen molar-refractivity contribution in [2.24, 2.45) is 0 Å². The van der Waals surface area contributed by atoms with Crippen molar-refractivity contribution in [1.29, 1.82) is 0 Å². The summed E-state index contributed by atoms with van der Waals surface area (Å²) in [5, 5.41) is 0. The van der Waals surface area contributed by atoms with E-state index in [0.717, 1.165) is 19.3 Å². The predicted octanol–water partition coefficient (Wildman–Crippen LogP) is 2.74. The number of rotatable bonds is 0. The molecule has 0 aromatic rings. The van der Waals surface area contributed by atoms with Gasteiger partial charge >= 0.3 is 0 Å². The Morgan fingerprint density at radius 2 is 0.826 bits per heavy atom. The molecule has 3 aliphatic carbocycles. The van der Waals surface area contributed by atoms with Gasteiger partial charge in [0.25, 0.3) is 0 Å². The molecule has 23 heavy (non-hydrogen) atoms. The van der Waals surface area contributed by atoms with Crippen molar-refractivity contribution in [3.05, 3.63) is 46.6 Å². The maximum atomic E-state index is 12.4. The summed E-state index contributed by atoms with van der Waals surface area (Å²) in [5.41, 5.74) is 2.05. The molecule has 0 N–H and O–H groups in total. The first-order chi connectivity index (χ1) is 11.0. The minimum atomic E-state index is -0.162. The molecule has 4 bridgehead atoms. The highest BCUT2D eigenvalue weighted by Crippen LogP contribution is 2.28. The van der Waals surface area contributed by atoms with E-state index in [1.54, 1.807) is 0 Å². The van der Waals surface area contributed by atoms with E-state index >= 15 is 0 Å². The van der Waals surface area contributed by atoms with Crippen LogP contribution in [0.2, 0.25) is 0 Å². The van der Waals surface area contributed by atoms with E-state index in [1.165, 1.54) is 24.3 Å². The number of fused-ring (bicyclic) bond motifs is 4. The van der Waals surface area contributed by atoms with Crippen LogP contribution in [0.25, 0.3) is 0 Å². The summed E-state index contributed by atoms with van der Waals surface area (Å²) < 4.78 is 0. The first-order valence-electron chi connectivity index (χ1n) is 8.04. The number of carbonyl (C=O) groups excluding carboxylic acids is 4. The zero-order valence-corrected chi connectivity index (χ0v) is 12.9. The SMILES string of the molecule is O=C1C=C2CCCCCC3=CC(=O)C=C(CCC(=C1)C2=O)C3=O. The average Bonchev–Trinajstić information content (AvgIpc) is 2.51. The van der Waals surface area contributed by atoms with Gasteiger partial charge in [0.1, 0.15) is 0 Å². The van der Waals surface area contributed by atoms with Crippen LogP contribution in [0, 0.1) is 0 Å². The van der Waals surface area contributed by atoms with Gasteiger partial charge in [-0.15, -0.1) is 0 Å². The number of hydrogen-bond donors (Lipinski definition) is 0. The lowest BCUT2D eigenvalue weighted by atomic mass is 9.87. The Morgan fingerprint density at radius 3 is 1.22 bits per heavy atom. The van der Waals surface area contributed by atoms with Crippen molar-refractivity contribution in [3.8, 4) is 0 Å². The van der Waals surface area contributed by atoms with E-state index in [4.69, 9.17) is 0 Å². The molecule has 0 unspecified atom stereocenters. The fraction of sp³-hybridized carbons (Fsp3) is 0.368. The van der Waals surface area contributed by atoms with Gasteiger partial charge in [-0.2, -0.15) is 0 Å². The second-order valence-corrected chi connectivity index (χ2v) is 6.20. The molecule has 0 aromatic heterocycles. The number of ketones is 4. The van der Waals surface area contributed by atoms with Gasteiger partial charge in [0.15, 0.2) is 23.1 Å². The van der Waals surface area contributed by atoms with Crippen molar-refractivity contribution in [2.45, 2.75) is 44.9 Å². The topological polar surface area (TPSA) is 68.3 Å². The molecule has 1 fully saturated rings. The normalized spacial score (nSPS) is 23.0. The summed E-state index contributed by atoms with van der Waals surface area (Å²) in [5.74, 6) is -0.500. The molecule has 0 heterocycles. The van der Waals surface area contributed by atoms with Gasteiger partial charge in [0, 0.05) is 22.3 Å². The van der Waals surface area contributed by atoms with Gasteiger partial charge < -0.3 is 0 Å². The second kappa shape index (κ2) is 6.41. The fourth-order valence-electron chi connectivity index (χ4n) is 3.26. The van der Waals surface area contributed by atoms with E-state index in [1.807, 2.05) is 0 Å². The predicted molar refractivity (Wildman–Crippen MR) is 84.7 cm³/mol. The Morgan fingerprint density at radius 1 is 0.478 bits per heavy atom. The van der Waals surface area contributed by atoms with Crippen LogP contribution in [-0.4, -0.2) is 23.1 Å². The van der Waals surface area contributed by atoms with Crippen molar-refractivity contribution in [1.82, 2.24) is 0 Å². The maximum Gasteiger partial charge on any atom is 0.185 e. The van der Waals surface area contributed by atoms with Crippen molar-refractivity contribution in [3.63, 3.8) is 0 Å². The van der Waals surface area contributed by atoms with E-state index in [9.17, 15) is 19.2 Å². The standard InChI is InChI=1S/C19H18O4/c20-16-8-12-4-2-1-3-5-13-9-17(21)11-15(19(13)23)7-6-14(10-16)18(12)22/h8-11H,1-7H2. The van der Waals surface area contributed by atoms with Gasteiger partial charge in [-0.1, -0.05) is 6.42 Å². The molecule has 118 valence electrons. The number of carbonyl (C=O) groups is 4. The molecule has 0 aromatic carbocycles. The van der Waals surface area contributed by atoms with Crippen LogP contribution in [0.5, 0.6) is 0 Å². The Balaban J connectivity index is 1.90. The van der Waals surface area contributed by atoms with Gasteiger partial charge in [-0.25, -0.2) is 0 Å². The third-order valence-electron chi connectivity index (χ3n) is 4.49. The fourth-order valence-corrected chi connectivity index (χ4v) is 3.26. The number of allylic oxidation sites excluding steroid dienone is 8. The van der Waals surface area contributed by atoms with Gasteiger partial charge in [0.2, 0.25) is 0 Å². The second-order valence-electron chi connectivity index (χ2n) is 6.20. The summed E-state index contributed by atoms with van der Waals surface area (Å²) in [7, 11) is 0. The van der Waals surface area contributed by atoms with E-state index in [2.05, 4.69) is 0 Å². The van der Waals surface area contributed by atoms with Crippen LogP contribution in [-0.2, 0) is 19.2 Å². The molecule has 3 rings (SSSR count). The summed E-state index contributed by atoms with van der Waals surface area (Å²) in [6, 6.07) is 0. The smallest absolute Gasteiger partial charge is 0.185 e. The number of hydrogen-bond acceptors (Lipinski definition) is 4. The Hall–Kier alpha value is -2.36. The highest BCUT2D eigenvalue weighted by Gasteiger charge is 2.25. The largest absolute Gasteiger partial charge is 0.290 e. The molecule has 0 saturated heterocycles. The molecule has 3 aliphatic rings. The van der Waals surface area contributed by atoms with Gasteiger partial charge in [0.05, 0.1) is 0 Å². The van der Waals surface area contributed by atoms with Crippen molar-refractivity contribution in [2.75, 3.05) is 0 Å². The maximum absolute atomic E-state index is 12.4. The van der Waals surface area contributed by atoms with E-state index in [0.29, 0.717) is 48.0 Å². The Labute approximate surface area is 134 Å². The lowest BCUT2D eigenvalue weighted by Crippen LogP contribution is -2.17. The molecule has 0 spiro atoms. The molecule has 0 aliphatic heterocycles. The van der Waals surface area contributed by atoms with Crippen LogP contribution in [0.4, 0.5) is 0 Å². The van der Waals surface area contributed by atoms with Crippen molar-refractivity contribution >= 4 is 23.1 Å². The molecule has 4 heteroatoms. The monoisotopic (exact) mass is 310 g/mol. The van der Waals surface area contributed by atoms with Crippen LogP contribution >= 0.6 is 0 Å². The van der Waals surface area contributed by atoms with Crippen LogP contribution in [0.15, 0.2) is 46.6 Å². The van der Waals surface area contributed by atoms with Crippen LogP contribution < -0.4 is 0 Å². The van der Waals surface area contributed by atoms with E-state index < -0.39 is 0 Å². The molecule has 1 saturated carbocycles. The van der Waals surface area contributed by atoms with E-state index in [-0.39, 0.29) is 23.1 Å². The number of Topliss-reactive ketones (excluding diaryl/α,β-unsaturated/α-hetero) is 2. The van der Waals surface area contributed by atoms with Crippen LogP contribution in [0.1, 0.15) is 44.9 Å². The lowest BCUT2D eigenvalue weighted by molar-refractivity contribution is -0.115. The first-order valence-corrected chi connectivity index (χ1v) is 8.04. The average molecular weight is 310 g/mol. The molecule has 0 radical (unpaired) electrons. The summed E-state index contributed by atoms with van der Waals surface area (Å²) in [6.07, 6.45) is 9.87. The summed E-state index contributed by atoms with van der Waals surface area (Å²) >= 11 is 0. The van der Waals surface area contributed by atoms with Gasteiger partial charge in [-0.05, 0) is 62.8 Å². The minimum absolute atomic E-state index is 0.0882. The quantitative estimate of drug-likeness (QED) is 0.645. The van der Waals surface area contributed by atoms with Gasteiger partial charge in [-0.3, -0.25) is 19.2 Å². The molecule has 4 nitrogen and oxygen atoms in total. The Bertz CT molecular complexity index is 666. The lowest BCUT2D eigenvalue weighted by Gasteiger charge is -2.15. The Kier molecular flexibility index (Phi) is 4.33. The zero-order chi connectivity index (χ0) is 16.4. The zero-order valence-electron chi connectivity index (χ0n) is 12.9. The highest BCUT2D eigenvalue weighted by atomic mass is 16.1. The molecular weight excluding hydrogens is 292 g/mol. The third kappa shape index (κ3) is 3.36.